The van der Waals surface area contributed by atoms with Crippen LogP contribution in [0.4, 0.5) is 0 Å². The second-order valence-corrected chi connectivity index (χ2v) is 25.9. The van der Waals surface area contributed by atoms with Gasteiger partial charge in [-0.2, -0.15) is 0 Å². The standard InChI is InChI=1S/C76H146O6/c1-4-7-10-13-16-19-22-25-27-29-31-33-34-35-36-37-38-39-40-41-42-44-45-47-49-51-54-57-60-63-66-69-75(78)81-72-73(71-80-74(77)68-65-62-59-56-53-24-21-18-15-12-9-6-3)82-76(79)70-67-64-61-58-55-52-50-48-46-43-32-30-28-26-23-20-17-14-11-8-5-2/h30,32,73H,4-29,31,33-72H2,1-3H3/b32-30-. The highest BCUT2D eigenvalue weighted by Gasteiger charge is 2.20. The van der Waals surface area contributed by atoms with Crippen LogP contribution in [0.3, 0.4) is 0 Å². The molecule has 0 aromatic heterocycles. The first-order valence-corrected chi connectivity index (χ1v) is 37.7. The third-order valence-electron chi connectivity index (χ3n) is 17.5. The van der Waals surface area contributed by atoms with Crippen LogP contribution >= 0.6 is 0 Å². The summed E-state index contributed by atoms with van der Waals surface area (Å²) in [7, 11) is 0. The van der Waals surface area contributed by atoms with E-state index in [1.165, 1.54) is 340 Å². The molecule has 0 amide bonds. The summed E-state index contributed by atoms with van der Waals surface area (Å²) in [5.74, 6) is -0.830. The maximum atomic E-state index is 13.0. The summed E-state index contributed by atoms with van der Waals surface area (Å²) >= 11 is 0. The van der Waals surface area contributed by atoms with Gasteiger partial charge in [0, 0.05) is 19.3 Å². The zero-order valence-electron chi connectivity index (χ0n) is 56.1. The summed E-state index contributed by atoms with van der Waals surface area (Å²) in [6, 6.07) is 0. The Morgan fingerprint density at radius 1 is 0.232 bits per heavy atom. The van der Waals surface area contributed by atoms with Crippen molar-refractivity contribution in [1.82, 2.24) is 0 Å². The molecule has 0 spiro atoms. The van der Waals surface area contributed by atoms with Crippen LogP contribution in [0.1, 0.15) is 438 Å². The Hall–Kier alpha value is -1.85. The Morgan fingerprint density at radius 2 is 0.402 bits per heavy atom. The quantitative estimate of drug-likeness (QED) is 0.0261. The maximum Gasteiger partial charge on any atom is 0.306 e. The zero-order valence-corrected chi connectivity index (χ0v) is 56.1. The van der Waals surface area contributed by atoms with Crippen molar-refractivity contribution in [3.05, 3.63) is 12.2 Å². The van der Waals surface area contributed by atoms with E-state index in [9.17, 15) is 14.4 Å². The molecule has 82 heavy (non-hydrogen) atoms. The third-order valence-corrected chi connectivity index (χ3v) is 17.5. The number of ether oxygens (including phenoxy) is 3. The van der Waals surface area contributed by atoms with Crippen molar-refractivity contribution in [2.24, 2.45) is 0 Å². The van der Waals surface area contributed by atoms with Crippen LogP contribution in [0.25, 0.3) is 0 Å². The largest absolute Gasteiger partial charge is 0.462 e. The highest BCUT2D eigenvalue weighted by atomic mass is 16.6. The van der Waals surface area contributed by atoms with Gasteiger partial charge in [-0.1, -0.05) is 386 Å². The van der Waals surface area contributed by atoms with Crippen LogP contribution in [0, 0.1) is 0 Å². The first-order valence-electron chi connectivity index (χ1n) is 37.7. The number of allylic oxidation sites excluding steroid dienone is 2. The molecule has 0 fully saturated rings. The molecule has 1 atom stereocenters. The van der Waals surface area contributed by atoms with Gasteiger partial charge in [0.2, 0.25) is 0 Å². The fourth-order valence-corrected chi connectivity index (χ4v) is 11.9. The lowest BCUT2D eigenvalue weighted by molar-refractivity contribution is -0.167. The van der Waals surface area contributed by atoms with Gasteiger partial charge in [0.1, 0.15) is 13.2 Å². The van der Waals surface area contributed by atoms with Crippen LogP contribution in [-0.2, 0) is 28.6 Å². The van der Waals surface area contributed by atoms with Gasteiger partial charge in [0.05, 0.1) is 0 Å². The second kappa shape index (κ2) is 71.6. The first kappa shape index (κ1) is 80.2. The van der Waals surface area contributed by atoms with E-state index in [0.717, 1.165) is 57.8 Å². The van der Waals surface area contributed by atoms with Crippen molar-refractivity contribution >= 4 is 17.9 Å². The predicted octanol–water partition coefficient (Wildman–Crippen LogP) is 26.0. The molecular weight excluding hydrogens is 1010 g/mol. The van der Waals surface area contributed by atoms with E-state index in [-0.39, 0.29) is 31.1 Å². The van der Waals surface area contributed by atoms with E-state index >= 15 is 0 Å². The monoisotopic (exact) mass is 1160 g/mol. The van der Waals surface area contributed by atoms with Crippen LogP contribution in [0.2, 0.25) is 0 Å². The van der Waals surface area contributed by atoms with Gasteiger partial charge < -0.3 is 14.2 Å². The highest BCUT2D eigenvalue weighted by molar-refractivity contribution is 5.71. The van der Waals surface area contributed by atoms with Gasteiger partial charge in [-0.3, -0.25) is 14.4 Å². The zero-order chi connectivity index (χ0) is 59.2. The molecule has 486 valence electrons. The maximum absolute atomic E-state index is 13.0. The lowest BCUT2D eigenvalue weighted by Gasteiger charge is -2.18. The van der Waals surface area contributed by atoms with Crippen LogP contribution in [0.15, 0.2) is 12.2 Å². The van der Waals surface area contributed by atoms with Crippen molar-refractivity contribution in [2.75, 3.05) is 13.2 Å². The molecule has 0 aliphatic rings. The molecule has 1 unspecified atom stereocenters. The number of esters is 3. The molecule has 0 aromatic carbocycles. The van der Waals surface area contributed by atoms with Gasteiger partial charge in [-0.25, -0.2) is 0 Å². The summed E-state index contributed by atoms with van der Waals surface area (Å²) in [6.07, 6.45) is 87.0. The van der Waals surface area contributed by atoms with Crippen LogP contribution in [0.5, 0.6) is 0 Å². The molecule has 0 aliphatic carbocycles. The molecule has 0 aliphatic heterocycles. The summed E-state index contributed by atoms with van der Waals surface area (Å²) in [6.45, 7) is 6.73. The Balaban J connectivity index is 4.11. The van der Waals surface area contributed by atoms with Gasteiger partial charge in [-0.05, 0) is 44.9 Å². The Labute approximate surface area is 513 Å². The SMILES string of the molecule is CCCCCCCCCC/C=C\CCCCCCCCCCCC(=O)OC(COC(=O)CCCCCCCCCCCCCC)COC(=O)CCCCCCCCCCCCCCCCCCCCCCCCCCCCCCCCC. The molecule has 0 rings (SSSR count). The number of unbranched alkanes of at least 4 members (excludes halogenated alkanes) is 58. The van der Waals surface area contributed by atoms with Gasteiger partial charge in [0.25, 0.3) is 0 Å². The molecule has 0 saturated carbocycles. The van der Waals surface area contributed by atoms with Crippen molar-refractivity contribution in [3.63, 3.8) is 0 Å². The van der Waals surface area contributed by atoms with Crippen molar-refractivity contribution in [3.8, 4) is 0 Å². The first-order chi connectivity index (χ1) is 40.5. The second-order valence-electron chi connectivity index (χ2n) is 25.9. The molecule has 6 heteroatoms. The predicted molar refractivity (Wildman–Crippen MR) is 358 cm³/mol. The lowest BCUT2D eigenvalue weighted by Crippen LogP contribution is -2.30. The van der Waals surface area contributed by atoms with E-state index in [2.05, 4.69) is 32.9 Å². The number of rotatable bonds is 71. The Morgan fingerprint density at radius 3 is 0.610 bits per heavy atom. The fourth-order valence-electron chi connectivity index (χ4n) is 11.9. The van der Waals surface area contributed by atoms with Gasteiger partial charge in [0.15, 0.2) is 6.10 Å². The minimum atomic E-state index is -0.768. The molecule has 0 bridgehead atoms. The van der Waals surface area contributed by atoms with E-state index in [1.807, 2.05) is 0 Å². The summed E-state index contributed by atoms with van der Waals surface area (Å²) in [5, 5.41) is 0. The molecule has 0 heterocycles. The van der Waals surface area contributed by atoms with E-state index < -0.39 is 6.10 Å². The summed E-state index contributed by atoms with van der Waals surface area (Å²) < 4.78 is 17.0. The topological polar surface area (TPSA) is 78.9 Å². The normalized spacial score (nSPS) is 12.0. The van der Waals surface area contributed by atoms with Gasteiger partial charge in [-0.15, -0.1) is 0 Å². The fraction of sp³-hybridized carbons (Fsp3) is 0.934. The molecule has 0 radical (unpaired) electrons. The minimum Gasteiger partial charge on any atom is -0.462 e. The smallest absolute Gasteiger partial charge is 0.306 e. The van der Waals surface area contributed by atoms with E-state index in [4.69, 9.17) is 14.2 Å². The third kappa shape index (κ3) is 68.9. The van der Waals surface area contributed by atoms with Crippen LogP contribution in [-0.4, -0.2) is 37.2 Å². The van der Waals surface area contributed by atoms with Crippen LogP contribution < -0.4 is 0 Å². The van der Waals surface area contributed by atoms with Crippen molar-refractivity contribution < 1.29 is 28.6 Å². The number of carbonyl (C=O) groups excluding carboxylic acids is 3. The summed E-state index contributed by atoms with van der Waals surface area (Å²) in [5.41, 5.74) is 0. The van der Waals surface area contributed by atoms with Crippen molar-refractivity contribution in [1.29, 1.82) is 0 Å². The van der Waals surface area contributed by atoms with Crippen molar-refractivity contribution in [2.45, 2.75) is 444 Å². The number of hydrogen-bond donors (Lipinski definition) is 0. The molecule has 0 saturated heterocycles. The van der Waals surface area contributed by atoms with E-state index in [1.54, 1.807) is 0 Å². The molecule has 0 N–H and O–H groups in total. The number of carbonyl (C=O) groups is 3. The molecular formula is C76H146O6. The molecule has 6 nitrogen and oxygen atoms in total. The Bertz CT molecular complexity index is 1280. The van der Waals surface area contributed by atoms with E-state index in [0.29, 0.717) is 19.3 Å². The summed E-state index contributed by atoms with van der Waals surface area (Å²) in [4.78, 5) is 38.4. The molecule has 0 aromatic rings. The lowest BCUT2D eigenvalue weighted by atomic mass is 10.0. The highest BCUT2D eigenvalue weighted by Crippen LogP contribution is 2.20. The minimum absolute atomic E-state index is 0.0638. The Kier molecular flexibility index (Phi) is 70.0. The van der Waals surface area contributed by atoms with Gasteiger partial charge >= 0.3 is 17.9 Å². The average molecular weight is 1160 g/mol. The number of hydrogen-bond acceptors (Lipinski definition) is 6. The average Bonchev–Trinajstić information content (AvgIpc) is 3.47.